The number of fused-ring (bicyclic) bond motifs is 2. The first kappa shape index (κ1) is 22.2. The predicted octanol–water partition coefficient (Wildman–Crippen LogP) is 2.37. The van der Waals surface area contributed by atoms with Gasteiger partial charge >= 0.3 is 0 Å². The lowest BCUT2D eigenvalue weighted by atomic mass is 9.97. The minimum Gasteiger partial charge on any atom is -0.399 e. The van der Waals surface area contributed by atoms with Crippen molar-refractivity contribution in [2.45, 2.75) is 56.8 Å². The van der Waals surface area contributed by atoms with Crippen LogP contribution < -0.4 is 21.9 Å². The molecule has 0 fully saturated rings. The third-order valence-corrected chi connectivity index (χ3v) is 6.15. The number of nitrogens with one attached hydrogen (secondary N) is 4. The minimum atomic E-state index is -0.765. The average molecular weight is 458 g/mol. The van der Waals surface area contributed by atoms with Crippen LogP contribution in [0.1, 0.15) is 43.9 Å². The second kappa shape index (κ2) is 9.61. The normalized spacial score (nSPS) is 14.2. The summed E-state index contributed by atoms with van der Waals surface area (Å²) in [6.07, 6.45) is 3.92. The van der Waals surface area contributed by atoms with E-state index in [1.54, 1.807) is 19.1 Å². The summed E-state index contributed by atoms with van der Waals surface area (Å²) in [7, 11) is 0. The summed E-state index contributed by atoms with van der Waals surface area (Å²) < 4.78 is 0. The first-order valence-corrected chi connectivity index (χ1v) is 11.7. The molecule has 170 valence electrons. The van der Waals surface area contributed by atoms with Crippen molar-refractivity contribution in [1.82, 2.24) is 19.9 Å². The lowest BCUT2D eigenvalue weighted by molar-refractivity contribution is -0.116. The number of hydrogen-bond donors (Lipinski definition) is 6. The molecular weight excluding hydrogens is 430 g/mol. The van der Waals surface area contributed by atoms with E-state index in [9.17, 15) is 14.7 Å². The smallest absolute Gasteiger partial charge is 0.254 e. The molecule has 2 aromatic heterocycles. The number of anilines is 3. The zero-order chi connectivity index (χ0) is 22.7. The third kappa shape index (κ3) is 5.22. The van der Waals surface area contributed by atoms with E-state index in [0.717, 1.165) is 36.9 Å². The summed E-state index contributed by atoms with van der Waals surface area (Å²) in [6.45, 7) is 1.60. The molecule has 1 amide bonds. The summed E-state index contributed by atoms with van der Waals surface area (Å²) in [4.78, 5) is 39.4. The van der Waals surface area contributed by atoms with Gasteiger partial charge in [-0.3, -0.25) is 14.9 Å². The van der Waals surface area contributed by atoms with Crippen molar-refractivity contribution in [3.05, 3.63) is 33.7 Å². The monoisotopic (exact) mass is 457 g/mol. The maximum Gasteiger partial charge on any atom is 0.254 e. The molecule has 1 aliphatic rings. The Bertz CT molecular complexity index is 1190. The van der Waals surface area contributed by atoms with E-state index in [1.807, 2.05) is 0 Å². The van der Waals surface area contributed by atoms with Crippen molar-refractivity contribution in [2.75, 3.05) is 22.1 Å². The van der Waals surface area contributed by atoms with Gasteiger partial charge in [0.1, 0.15) is 6.23 Å². The number of rotatable bonds is 8. The number of nitrogens with two attached hydrogens (primary N) is 1. The fraction of sp³-hybridized carbons (Fsp3) is 0.429. The van der Waals surface area contributed by atoms with Crippen LogP contribution >= 0.6 is 11.8 Å². The molecule has 4 rings (SSSR count). The van der Waals surface area contributed by atoms with Crippen LogP contribution in [0.5, 0.6) is 0 Å². The number of benzene rings is 1. The highest BCUT2D eigenvalue weighted by atomic mass is 32.2. The number of imidazole rings is 1. The van der Waals surface area contributed by atoms with Crippen LogP contribution in [-0.4, -0.2) is 42.9 Å². The molecule has 0 spiro atoms. The first-order valence-electron chi connectivity index (χ1n) is 10.7. The number of hydrogen-bond acceptors (Lipinski definition) is 8. The number of H-pyrrole nitrogens is 2. The molecule has 0 saturated carbocycles. The van der Waals surface area contributed by atoms with Gasteiger partial charge in [0.2, 0.25) is 11.9 Å². The Kier molecular flexibility index (Phi) is 6.66. The van der Waals surface area contributed by atoms with Gasteiger partial charge in [0.15, 0.2) is 5.16 Å². The maximum atomic E-state index is 12.3. The fourth-order valence-corrected chi connectivity index (χ4v) is 4.60. The zero-order valence-corrected chi connectivity index (χ0v) is 18.6. The number of carbonyl (C=O) groups excluding carboxylic acids is 1. The van der Waals surface area contributed by atoms with Crippen molar-refractivity contribution in [3.63, 3.8) is 0 Å². The van der Waals surface area contributed by atoms with Gasteiger partial charge in [-0.25, -0.2) is 9.97 Å². The van der Waals surface area contributed by atoms with Gasteiger partial charge in [-0.2, -0.15) is 0 Å². The van der Waals surface area contributed by atoms with Crippen LogP contribution in [0.2, 0.25) is 0 Å². The summed E-state index contributed by atoms with van der Waals surface area (Å²) in [5, 5.41) is 15.9. The summed E-state index contributed by atoms with van der Waals surface area (Å²) >= 11 is 1.45. The molecule has 32 heavy (non-hydrogen) atoms. The van der Waals surface area contributed by atoms with E-state index in [1.165, 1.54) is 11.8 Å². The highest BCUT2D eigenvalue weighted by Crippen LogP contribution is 2.27. The van der Waals surface area contributed by atoms with Crippen LogP contribution in [0.15, 0.2) is 22.1 Å². The molecule has 1 atom stereocenters. The molecule has 3 aromatic rings. The molecule has 2 heterocycles. The minimum absolute atomic E-state index is 0.0371. The molecule has 1 aliphatic carbocycles. The van der Waals surface area contributed by atoms with Gasteiger partial charge in [-0.1, -0.05) is 11.8 Å². The molecule has 0 bridgehead atoms. The number of aromatic amines is 2. The number of aliphatic hydroxyl groups is 1. The first-order chi connectivity index (χ1) is 15.4. The largest absolute Gasteiger partial charge is 0.399 e. The topological polar surface area (TPSA) is 162 Å². The molecule has 0 radical (unpaired) electrons. The molecule has 7 N–H and O–H groups in total. The van der Waals surface area contributed by atoms with E-state index >= 15 is 0 Å². The number of nitrogen functional groups attached to an aromatic ring is 1. The van der Waals surface area contributed by atoms with Crippen molar-refractivity contribution in [3.8, 4) is 0 Å². The summed E-state index contributed by atoms with van der Waals surface area (Å²) in [6, 6.07) is 3.38. The Labute approximate surface area is 188 Å². The lowest BCUT2D eigenvalue weighted by Crippen LogP contribution is -2.21. The van der Waals surface area contributed by atoms with Crippen LogP contribution in [-0.2, 0) is 17.6 Å². The molecule has 0 aliphatic heterocycles. The molecular formula is C21H27N7O3S. The Hall–Kier alpha value is -3.05. The van der Waals surface area contributed by atoms with E-state index in [2.05, 4.69) is 30.6 Å². The van der Waals surface area contributed by atoms with E-state index < -0.39 is 6.23 Å². The molecule has 1 aromatic carbocycles. The SMILES string of the molecule is CC(O)Nc1cc(N)cc2nc(NC(=O)CCCSc3nc4c(c(=O)[nH]3)CCCC4)[nH]c12. The van der Waals surface area contributed by atoms with Gasteiger partial charge < -0.3 is 26.1 Å². The predicted molar refractivity (Wildman–Crippen MR) is 126 cm³/mol. The molecule has 0 saturated heterocycles. The fourth-order valence-electron chi connectivity index (χ4n) is 3.78. The van der Waals surface area contributed by atoms with Gasteiger partial charge in [0.05, 0.1) is 22.4 Å². The number of aliphatic hydroxyl groups excluding tert-OH is 1. The van der Waals surface area contributed by atoms with E-state index in [4.69, 9.17) is 5.73 Å². The molecule has 1 unspecified atom stereocenters. The van der Waals surface area contributed by atoms with Crippen molar-refractivity contribution in [1.29, 1.82) is 0 Å². The van der Waals surface area contributed by atoms with Crippen molar-refractivity contribution < 1.29 is 9.90 Å². The summed E-state index contributed by atoms with van der Waals surface area (Å²) in [5.74, 6) is 0.806. The quantitative estimate of drug-likeness (QED) is 0.0987. The van der Waals surface area contributed by atoms with Gasteiger partial charge in [0, 0.05) is 23.4 Å². The van der Waals surface area contributed by atoms with Gasteiger partial charge in [-0.05, 0) is 51.2 Å². The lowest BCUT2D eigenvalue weighted by Gasteiger charge is -2.14. The Balaban J connectivity index is 1.31. The number of aromatic nitrogens is 4. The van der Waals surface area contributed by atoms with E-state index in [-0.39, 0.29) is 11.5 Å². The van der Waals surface area contributed by atoms with Crippen molar-refractivity contribution >= 4 is 46.0 Å². The number of thioether (sulfide) groups is 1. The molecule has 10 nitrogen and oxygen atoms in total. The Morgan fingerprint density at radius 1 is 1.28 bits per heavy atom. The highest BCUT2D eigenvalue weighted by molar-refractivity contribution is 7.99. The number of aryl methyl sites for hydroxylation is 1. The number of amides is 1. The standard InChI is InChI=1S/C21H27N7O3S/c1-11(29)23-15-9-12(22)10-16-18(15)27-20(24-16)26-17(30)7-4-8-32-21-25-14-6-3-2-5-13(14)19(31)28-21/h9-11,23,29H,2-8,22H2,1H3,(H,25,28,31)(H2,24,26,27,30). The van der Waals surface area contributed by atoms with Crippen LogP contribution in [0, 0.1) is 0 Å². The second-order valence-electron chi connectivity index (χ2n) is 7.87. The summed E-state index contributed by atoms with van der Waals surface area (Å²) in [5.41, 5.74) is 9.92. The molecule has 11 heteroatoms. The average Bonchev–Trinajstić information content (AvgIpc) is 3.13. The van der Waals surface area contributed by atoms with Crippen LogP contribution in [0.4, 0.5) is 17.3 Å². The maximum absolute atomic E-state index is 12.3. The third-order valence-electron chi connectivity index (χ3n) is 5.19. The van der Waals surface area contributed by atoms with Gasteiger partial charge in [-0.15, -0.1) is 0 Å². The van der Waals surface area contributed by atoms with Gasteiger partial charge in [0.25, 0.3) is 5.56 Å². The number of nitrogens with zero attached hydrogens (tertiary/aromatic N) is 2. The van der Waals surface area contributed by atoms with Crippen LogP contribution in [0.25, 0.3) is 11.0 Å². The Morgan fingerprint density at radius 2 is 2.09 bits per heavy atom. The Morgan fingerprint density at radius 3 is 2.91 bits per heavy atom. The second-order valence-corrected chi connectivity index (χ2v) is 8.96. The highest BCUT2D eigenvalue weighted by Gasteiger charge is 2.16. The number of carbonyl (C=O) groups is 1. The van der Waals surface area contributed by atoms with Crippen molar-refractivity contribution in [2.24, 2.45) is 0 Å². The van der Waals surface area contributed by atoms with E-state index in [0.29, 0.717) is 52.1 Å². The zero-order valence-electron chi connectivity index (χ0n) is 17.8. The van der Waals surface area contributed by atoms with Crippen LogP contribution in [0.3, 0.4) is 0 Å².